The zero-order valence-electron chi connectivity index (χ0n) is 12.5. The molecular formula is C19H16N2O2. The lowest BCUT2D eigenvalue weighted by atomic mass is 10.2. The molecule has 3 rings (SSSR count). The molecule has 4 heteroatoms. The maximum absolute atomic E-state index is 12.5. The van der Waals surface area contributed by atoms with Crippen molar-refractivity contribution in [2.24, 2.45) is 0 Å². The Bertz CT molecular complexity index is 923. The number of hydrogen-bond donors (Lipinski definition) is 0. The van der Waals surface area contributed by atoms with Gasteiger partial charge in [-0.15, -0.1) is 0 Å². The van der Waals surface area contributed by atoms with E-state index in [1.54, 1.807) is 6.20 Å². The van der Waals surface area contributed by atoms with E-state index in [0.717, 1.165) is 11.1 Å². The average molecular weight is 304 g/mol. The summed E-state index contributed by atoms with van der Waals surface area (Å²) in [6.07, 6.45) is 4.99. The number of rotatable bonds is 4. The van der Waals surface area contributed by atoms with Gasteiger partial charge in [0.15, 0.2) is 0 Å². The zero-order valence-corrected chi connectivity index (χ0v) is 12.5. The molecule has 1 aromatic heterocycles. The molecule has 0 bridgehead atoms. The molecule has 3 aromatic rings. The van der Waals surface area contributed by atoms with E-state index in [1.165, 1.54) is 21.4 Å². The van der Waals surface area contributed by atoms with Crippen molar-refractivity contribution in [3.8, 4) is 0 Å². The highest BCUT2D eigenvalue weighted by molar-refractivity contribution is 5.60. The number of aromatic nitrogens is 2. The average Bonchev–Trinajstić information content (AvgIpc) is 2.60. The fourth-order valence-corrected chi connectivity index (χ4v) is 2.29. The predicted octanol–water partition coefficient (Wildman–Crippen LogP) is 2.69. The highest BCUT2D eigenvalue weighted by atomic mass is 16.2. The van der Waals surface area contributed by atoms with Gasteiger partial charge in [-0.3, -0.25) is 13.9 Å². The molecule has 0 aliphatic heterocycles. The maximum atomic E-state index is 12.5. The molecule has 0 atom stereocenters. The minimum Gasteiger partial charge on any atom is -0.276 e. The molecule has 0 aliphatic carbocycles. The van der Waals surface area contributed by atoms with E-state index in [4.69, 9.17) is 0 Å². The smallest absolute Gasteiger partial charge is 0.276 e. The summed E-state index contributed by atoms with van der Waals surface area (Å²) in [5, 5.41) is 0. The second-order valence-corrected chi connectivity index (χ2v) is 5.14. The summed E-state index contributed by atoms with van der Waals surface area (Å²) in [6, 6.07) is 20.5. The molecule has 23 heavy (non-hydrogen) atoms. The molecule has 0 aliphatic rings. The van der Waals surface area contributed by atoms with E-state index in [9.17, 15) is 9.59 Å². The van der Waals surface area contributed by atoms with Crippen LogP contribution in [-0.2, 0) is 6.54 Å². The van der Waals surface area contributed by atoms with Gasteiger partial charge < -0.3 is 0 Å². The van der Waals surface area contributed by atoms with Crippen molar-refractivity contribution in [3.05, 3.63) is 105 Å². The Morgan fingerprint density at radius 2 is 1.48 bits per heavy atom. The standard InChI is InChI=1S/C19H16N2O2/c22-18-12-14-20(13-11-16-7-3-1-4-8-16)19(23)21(18)15-17-9-5-2-6-10-17/h1-14H,15H2/b13-11+. The van der Waals surface area contributed by atoms with Crippen LogP contribution in [-0.4, -0.2) is 9.13 Å². The van der Waals surface area contributed by atoms with Crippen LogP contribution in [0.3, 0.4) is 0 Å². The van der Waals surface area contributed by atoms with E-state index in [-0.39, 0.29) is 17.8 Å². The quantitative estimate of drug-likeness (QED) is 0.744. The monoisotopic (exact) mass is 304 g/mol. The maximum Gasteiger partial charge on any atom is 0.335 e. The first kappa shape index (κ1) is 14.8. The van der Waals surface area contributed by atoms with Crippen molar-refractivity contribution in [1.29, 1.82) is 0 Å². The Balaban J connectivity index is 1.95. The summed E-state index contributed by atoms with van der Waals surface area (Å²) in [6.45, 7) is 0.262. The molecule has 114 valence electrons. The topological polar surface area (TPSA) is 44.0 Å². The van der Waals surface area contributed by atoms with Crippen molar-refractivity contribution in [3.63, 3.8) is 0 Å². The predicted molar refractivity (Wildman–Crippen MR) is 92.2 cm³/mol. The Morgan fingerprint density at radius 3 is 2.17 bits per heavy atom. The minimum absolute atomic E-state index is 0.262. The largest absolute Gasteiger partial charge is 0.335 e. The third-order valence-corrected chi connectivity index (χ3v) is 3.51. The van der Waals surface area contributed by atoms with Gasteiger partial charge in [-0.25, -0.2) is 4.79 Å². The van der Waals surface area contributed by atoms with Crippen LogP contribution in [0.25, 0.3) is 12.3 Å². The van der Waals surface area contributed by atoms with Gasteiger partial charge in [-0.1, -0.05) is 60.7 Å². The summed E-state index contributed by atoms with van der Waals surface area (Å²) in [4.78, 5) is 24.5. The second-order valence-electron chi connectivity index (χ2n) is 5.14. The number of nitrogens with zero attached hydrogens (tertiary/aromatic N) is 2. The Labute approximate surface area is 133 Å². The molecule has 1 heterocycles. The van der Waals surface area contributed by atoms with Gasteiger partial charge in [0.1, 0.15) is 0 Å². The molecule has 2 aromatic carbocycles. The van der Waals surface area contributed by atoms with E-state index >= 15 is 0 Å². The van der Waals surface area contributed by atoms with E-state index in [0.29, 0.717) is 0 Å². The lowest BCUT2D eigenvalue weighted by Gasteiger charge is -2.07. The third kappa shape index (κ3) is 3.55. The molecule has 0 radical (unpaired) electrons. The number of benzene rings is 2. The van der Waals surface area contributed by atoms with Crippen LogP contribution in [0.1, 0.15) is 11.1 Å². The number of hydrogen-bond acceptors (Lipinski definition) is 2. The molecule has 0 unspecified atom stereocenters. The van der Waals surface area contributed by atoms with Crippen LogP contribution in [0.2, 0.25) is 0 Å². The molecule has 0 saturated heterocycles. The summed E-state index contributed by atoms with van der Waals surface area (Å²) in [7, 11) is 0. The van der Waals surface area contributed by atoms with Gasteiger partial charge in [0, 0.05) is 18.5 Å². The van der Waals surface area contributed by atoms with E-state index in [2.05, 4.69) is 0 Å². The van der Waals surface area contributed by atoms with E-state index in [1.807, 2.05) is 66.7 Å². The second kappa shape index (κ2) is 6.75. The SMILES string of the molecule is O=c1ccn(/C=C/c2ccccc2)c(=O)n1Cc1ccccc1. The van der Waals surface area contributed by atoms with Crippen molar-refractivity contribution < 1.29 is 0 Å². The fraction of sp³-hybridized carbons (Fsp3) is 0.0526. The third-order valence-electron chi connectivity index (χ3n) is 3.51. The van der Waals surface area contributed by atoms with Crippen LogP contribution in [0, 0.1) is 0 Å². The van der Waals surface area contributed by atoms with Gasteiger partial charge in [-0.2, -0.15) is 0 Å². The fourth-order valence-electron chi connectivity index (χ4n) is 2.29. The molecule has 0 spiro atoms. The van der Waals surface area contributed by atoms with Crippen LogP contribution in [0.15, 0.2) is 82.5 Å². The zero-order chi connectivity index (χ0) is 16.1. The van der Waals surface area contributed by atoms with E-state index < -0.39 is 0 Å². The van der Waals surface area contributed by atoms with Crippen molar-refractivity contribution in [2.75, 3.05) is 0 Å². The van der Waals surface area contributed by atoms with Gasteiger partial charge in [0.05, 0.1) is 6.54 Å². The molecule has 0 saturated carbocycles. The molecular weight excluding hydrogens is 288 g/mol. The first-order chi connectivity index (χ1) is 11.2. The summed E-state index contributed by atoms with van der Waals surface area (Å²) in [5.74, 6) is 0. The Hall–Kier alpha value is -3.14. The summed E-state index contributed by atoms with van der Waals surface area (Å²) < 4.78 is 2.64. The van der Waals surface area contributed by atoms with Crippen LogP contribution in [0.5, 0.6) is 0 Å². The molecule has 0 amide bonds. The summed E-state index contributed by atoms with van der Waals surface area (Å²) >= 11 is 0. The van der Waals surface area contributed by atoms with Crippen LogP contribution >= 0.6 is 0 Å². The first-order valence-electron chi connectivity index (χ1n) is 7.33. The Kier molecular flexibility index (Phi) is 4.34. The van der Waals surface area contributed by atoms with Crippen LogP contribution < -0.4 is 11.2 Å². The normalized spacial score (nSPS) is 11.0. The van der Waals surface area contributed by atoms with Crippen molar-refractivity contribution in [2.45, 2.75) is 6.54 Å². The molecule has 0 fully saturated rings. The Morgan fingerprint density at radius 1 is 0.826 bits per heavy atom. The van der Waals surface area contributed by atoms with Gasteiger partial charge in [0.25, 0.3) is 5.56 Å². The highest BCUT2D eigenvalue weighted by Gasteiger charge is 2.04. The van der Waals surface area contributed by atoms with Gasteiger partial charge >= 0.3 is 5.69 Å². The van der Waals surface area contributed by atoms with Crippen molar-refractivity contribution in [1.82, 2.24) is 9.13 Å². The molecule has 0 N–H and O–H groups in total. The molecule has 4 nitrogen and oxygen atoms in total. The highest BCUT2D eigenvalue weighted by Crippen LogP contribution is 2.02. The first-order valence-corrected chi connectivity index (χ1v) is 7.33. The summed E-state index contributed by atoms with van der Waals surface area (Å²) in [5.41, 5.74) is 1.24. The minimum atomic E-state index is -0.353. The lowest BCUT2D eigenvalue weighted by molar-refractivity contribution is 0.677. The van der Waals surface area contributed by atoms with Gasteiger partial charge in [0.2, 0.25) is 0 Å². The van der Waals surface area contributed by atoms with Gasteiger partial charge in [-0.05, 0) is 17.2 Å². The van der Waals surface area contributed by atoms with Crippen LogP contribution in [0.4, 0.5) is 0 Å². The van der Waals surface area contributed by atoms with Crippen molar-refractivity contribution >= 4 is 12.3 Å². The lowest BCUT2D eigenvalue weighted by Crippen LogP contribution is -2.37.